The van der Waals surface area contributed by atoms with Crippen LogP contribution in [0.3, 0.4) is 0 Å². The summed E-state index contributed by atoms with van der Waals surface area (Å²) in [6.45, 7) is 0.621. The third-order valence-corrected chi connectivity index (χ3v) is 3.56. The van der Waals surface area contributed by atoms with Crippen LogP contribution in [0.15, 0.2) is 29.5 Å². The van der Waals surface area contributed by atoms with Gasteiger partial charge in [0.25, 0.3) is 0 Å². The fourth-order valence-electron chi connectivity index (χ4n) is 2.28. The number of pyridine rings is 1. The topological polar surface area (TPSA) is 75.3 Å². The number of guanidine groups is 1. The van der Waals surface area contributed by atoms with E-state index in [9.17, 15) is 0 Å². The normalized spacial score (nSPS) is 16.7. The van der Waals surface area contributed by atoms with E-state index in [0.29, 0.717) is 23.7 Å². The second kappa shape index (κ2) is 7.79. The van der Waals surface area contributed by atoms with Crippen molar-refractivity contribution in [2.24, 2.45) is 10.7 Å². The Kier molecular flexibility index (Phi) is 5.73. The lowest BCUT2D eigenvalue weighted by Crippen LogP contribution is -2.43. The highest BCUT2D eigenvalue weighted by molar-refractivity contribution is 7.80. The summed E-state index contributed by atoms with van der Waals surface area (Å²) in [4.78, 5) is 8.52. The number of hydrogen-bond acceptors (Lipinski definition) is 3. The van der Waals surface area contributed by atoms with E-state index in [4.69, 9.17) is 18.0 Å². The minimum absolute atomic E-state index is 0.345. The molecule has 0 unspecified atom stereocenters. The number of nitrogens with two attached hydrogens (primary N) is 1. The molecule has 0 aliphatic heterocycles. The molecule has 0 saturated heterocycles. The molecule has 1 aromatic heterocycles. The van der Waals surface area contributed by atoms with Crippen LogP contribution in [0.5, 0.6) is 0 Å². The van der Waals surface area contributed by atoms with E-state index in [-0.39, 0.29) is 0 Å². The van der Waals surface area contributed by atoms with E-state index in [1.165, 1.54) is 19.3 Å². The van der Waals surface area contributed by atoms with Gasteiger partial charge in [0.15, 0.2) is 11.1 Å². The van der Waals surface area contributed by atoms with Gasteiger partial charge in [0.1, 0.15) is 0 Å². The van der Waals surface area contributed by atoms with Crippen LogP contribution in [0, 0.1) is 0 Å². The van der Waals surface area contributed by atoms with Gasteiger partial charge in [-0.05, 0) is 36.7 Å². The largest absolute Gasteiger partial charge is 0.370 e. The summed E-state index contributed by atoms with van der Waals surface area (Å²) in [6, 6.07) is 4.23. The van der Waals surface area contributed by atoms with E-state index in [1.807, 2.05) is 12.1 Å². The molecule has 108 valence electrons. The van der Waals surface area contributed by atoms with E-state index in [2.05, 4.69) is 20.6 Å². The number of aliphatic imine (C=N–C) groups is 1. The zero-order valence-electron chi connectivity index (χ0n) is 11.5. The molecule has 1 aromatic rings. The van der Waals surface area contributed by atoms with Gasteiger partial charge in [-0.3, -0.25) is 4.98 Å². The smallest absolute Gasteiger partial charge is 0.195 e. The van der Waals surface area contributed by atoms with Gasteiger partial charge < -0.3 is 16.4 Å². The van der Waals surface area contributed by atoms with E-state index < -0.39 is 0 Å². The van der Waals surface area contributed by atoms with Crippen molar-refractivity contribution >= 4 is 23.3 Å². The molecule has 0 atom stereocenters. The van der Waals surface area contributed by atoms with Crippen molar-refractivity contribution in [1.82, 2.24) is 15.6 Å². The minimum atomic E-state index is 0.345. The highest BCUT2D eigenvalue weighted by atomic mass is 32.1. The molecule has 1 aliphatic rings. The van der Waals surface area contributed by atoms with Crippen LogP contribution in [0.4, 0.5) is 0 Å². The van der Waals surface area contributed by atoms with Crippen molar-refractivity contribution < 1.29 is 0 Å². The first-order valence-corrected chi connectivity index (χ1v) is 7.42. The lowest BCUT2D eigenvalue weighted by molar-refractivity contribution is 0.442. The van der Waals surface area contributed by atoms with Crippen molar-refractivity contribution in [2.45, 2.75) is 44.7 Å². The molecular weight excluding hydrogens is 270 g/mol. The Morgan fingerprint density at radius 2 is 2.20 bits per heavy atom. The molecule has 0 radical (unpaired) electrons. The Morgan fingerprint density at radius 3 is 2.90 bits per heavy atom. The SMILES string of the molecule is NC(=NC1CCCCC1)NC(=S)NCc1cccnc1. The Morgan fingerprint density at radius 1 is 1.40 bits per heavy atom. The maximum absolute atomic E-state index is 5.87. The molecule has 2 rings (SSSR count). The second-order valence-corrected chi connectivity index (χ2v) is 5.38. The van der Waals surface area contributed by atoms with Crippen LogP contribution in [0.1, 0.15) is 37.7 Å². The molecule has 0 bridgehead atoms. The third kappa shape index (κ3) is 5.13. The third-order valence-electron chi connectivity index (χ3n) is 3.31. The maximum Gasteiger partial charge on any atom is 0.195 e. The highest BCUT2D eigenvalue weighted by Gasteiger charge is 2.12. The number of thiocarbonyl (C=S) groups is 1. The predicted molar refractivity (Wildman–Crippen MR) is 85.3 cm³/mol. The summed E-state index contributed by atoms with van der Waals surface area (Å²) < 4.78 is 0. The van der Waals surface area contributed by atoms with Gasteiger partial charge in [-0.1, -0.05) is 25.3 Å². The summed E-state index contributed by atoms with van der Waals surface area (Å²) in [7, 11) is 0. The molecule has 0 spiro atoms. The van der Waals surface area contributed by atoms with Crippen LogP contribution in [-0.4, -0.2) is 22.1 Å². The fourth-order valence-corrected chi connectivity index (χ4v) is 2.46. The van der Waals surface area contributed by atoms with Crippen molar-refractivity contribution in [3.8, 4) is 0 Å². The Labute approximate surface area is 125 Å². The van der Waals surface area contributed by atoms with Crippen LogP contribution in [-0.2, 0) is 6.54 Å². The quantitative estimate of drug-likeness (QED) is 0.449. The van der Waals surface area contributed by atoms with Gasteiger partial charge in [0, 0.05) is 18.9 Å². The summed E-state index contributed by atoms with van der Waals surface area (Å²) in [6.07, 6.45) is 9.58. The Balaban J connectivity index is 1.74. The summed E-state index contributed by atoms with van der Waals surface area (Å²) in [5.41, 5.74) is 6.94. The monoisotopic (exact) mass is 291 g/mol. The molecule has 0 aromatic carbocycles. The molecule has 20 heavy (non-hydrogen) atoms. The average molecular weight is 291 g/mol. The first-order valence-electron chi connectivity index (χ1n) is 7.01. The molecular formula is C14H21N5S. The van der Waals surface area contributed by atoms with Gasteiger partial charge in [-0.2, -0.15) is 0 Å². The van der Waals surface area contributed by atoms with Crippen LogP contribution < -0.4 is 16.4 Å². The van der Waals surface area contributed by atoms with Gasteiger partial charge in [0.2, 0.25) is 0 Å². The van der Waals surface area contributed by atoms with E-state index >= 15 is 0 Å². The molecule has 1 aliphatic carbocycles. The Bertz CT molecular complexity index is 454. The number of aromatic nitrogens is 1. The molecule has 6 heteroatoms. The molecule has 1 heterocycles. The van der Waals surface area contributed by atoms with Crippen molar-refractivity contribution in [1.29, 1.82) is 0 Å². The van der Waals surface area contributed by atoms with Crippen LogP contribution in [0.25, 0.3) is 0 Å². The summed E-state index contributed by atoms with van der Waals surface area (Å²) >= 11 is 5.19. The lowest BCUT2D eigenvalue weighted by atomic mass is 9.96. The molecule has 4 N–H and O–H groups in total. The first kappa shape index (κ1) is 14.7. The lowest BCUT2D eigenvalue weighted by Gasteiger charge is -2.18. The van der Waals surface area contributed by atoms with Crippen molar-refractivity contribution in [2.75, 3.05) is 0 Å². The number of nitrogens with one attached hydrogen (secondary N) is 2. The standard InChI is InChI=1S/C14H21N5S/c15-13(18-12-6-2-1-3-7-12)19-14(20)17-10-11-5-4-8-16-9-11/h4-5,8-9,12H,1-3,6-7,10H2,(H4,15,17,18,19,20). The van der Waals surface area contributed by atoms with Gasteiger partial charge in [0.05, 0.1) is 6.04 Å². The number of nitrogens with zero attached hydrogens (tertiary/aromatic N) is 2. The van der Waals surface area contributed by atoms with E-state index in [0.717, 1.165) is 18.4 Å². The molecule has 5 nitrogen and oxygen atoms in total. The Hall–Kier alpha value is -1.69. The zero-order chi connectivity index (χ0) is 14.2. The zero-order valence-corrected chi connectivity index (χ0v) is 12.3. The average Bonchev–Trinajstić information content (AvgIpc) is 2.47. The van der Waals surface area contributed by atoms with Crippen molar-refractivity contribution in [3.63, 3.8) is 0 Å². The van der Waals surface area contributed by atoms with E-state index in [1.54, 1.807) is 12.4 Å². The van der Waals surface area contributed by atoms with Crippen LogP contribution >= 0.6 is 12.2 Å². The summed E-state index contributed by atoms with van der Waals surface area (Å²) in [5.74, 6) is 0.403. The highest BCUT2D eigenvalue weighted by Crippen LogP contribution is 2.19. The second-order valence-electron chi connectivity index (χ2n) is 4.98. The van der Waals surface area contributed by atoms with Gasteiger partial charge in [-0.25, -0.2) is 4.99 Å². The van der Waals surface area contributed by atoms with Gasteiger partial charge >= 0.3 is 0 Å². The predicted octanol–water partition coefficient (Wildman–Crippen LogP) is 1.69. The fraction of sp³-hybridized carbons (Fsp3) is 0.500. The number of hydrogen-bond donors (Lipinski definition) is 3. The molecule has 1 fully saturated rings. The maximum atomic E-state index is 5.87. The first-order chi connectivity index (χ1) is 9.74. The van der Waals surface area contributed by atoms with Crippen molar-refractivity contribution in [3.05, 3.63) is 30.1 Å². The van der Waals surface area contributed by atoms with Gasteiger partial charge in [-0.15, -0.1) is 0 Å². The van der Waals surface area contributed by atoms with Crippen LogP contribution in [0.2, 0.25) is 0 Å². The molecule has 1 saturated carbocycles. The minimum Gasteiger partial charge on any atom is -0.370 e. The summed E-state index contributed by atoms with van der Waals surface area (Å²) in [5, 5.41) is 6.50. The number of rotatable bonds is 3. The molecule has 0 amide bonds.